The second-order valence-electron chi connectivity index (χ2n) is 3.27. The van der Waals surface area contributed by atoms with E-state index in [9.17, 15) is 9.59 Å². The zero-order valence-corrected chi connectivity index (χ0v) is 10.8. The molecule has 5 heteroatoms. The highest BCUT2D eigenvalue weighted by atomic mass is 35.5. The smallest absolute Gasteiger partial charge is 0.341 e. The van der Waals surface area contributed by atoms with Crippen LogP contribution < -0.4 is 0 Å². The van der Waals surface area contributed by atoms with Crippen molar-refractivity contribution in [2.45, 2.75) is 6.92 Å². The molecule has 0 unspecified atom stereocenters. The molecule has 0 aromatic heterocycles. The van der Waals surface area contributed by atoms with Crippen LogP contribution >= 0.6 is 23.2 Å². The van der Waals surface area contributed by atoms with E-state index in [2.05, 4.69) is 4.74 Å². The molecule has 0 heterocycles. The predicted molar refractivity (Wildman–Crippen MR) is 67.1 cm³/mol. The minimum atomic E-state index is -0.691. The van der Waals surface area contributed by atoms with Crippen molar-refractivity contribution in [3.05, 3.63) is 39.4 Å². The van der Waals surface area contributed by atoms with E-state index in [4.69, 9.17) is 23.2 Å². The summed E-state index contributed by atoms with van der Waals surface area (Å²) in [6, 6.07) is 4.77. The number of carbonyl (C=O) groups is 2. The molecule has 0 bridgehead atoms. The molecule has 0 N–H and O–H groups in total. The molecule has 0 spiro atoms. The zero-order valence-electron chi connectivity index (χ0n) is 9.29. The number of esters is 1. The predicted octanol–water partition coefficient (Wildman–Crippen LogP) is 3.14. The molecule has 0 fully saturated rings. The average Bonchev–Trinajstić information content (AvgIpc) is 2.26. The van der Waals surface area contributed by atoms with Crippen LogP contribution in [0.1, 0.15) is 12.5 Å². The Morgan fingerprint density at radius 3 is 2.41 bits per heavy atom. The first kappa shape index (κ1) is 13.7. The van der Waals surface area contributed by atoms with E-state index in [1.807, 2.05) is 0 Å². The van der Waals surface area contributed by atoms with Gasteiger partial charge in [0.05, 0.1) is 7.11 Å². The van der Waals surface area contributed by atoms with Crippen molar-refractivity contribution in [3.63, 3.8) is 0 Å². The standard InChI is InChI=1S/C12H10Cl2O3/c1-7(15)10(12(16)17-2)5-8-3-4-9(13)6-11(8)14/h3-6H,1-2H3/b10-5+. The van der Waals surface area contributed by atoms with Crippen molar-refractivity contribution in [2.75, 3.05) is 7.11 Å². The van der Waals surface area contributed by atoms with Crippen LogP contribution in [0.25, 0.3) is 6.08 Å². The molecule has 3 nitrogen and oxygen atoms in total. The van der Waals surface area contributed by atoms with Gasteiger partial charge in [0.15, 0.2) is 5.78 Å². The molecular formula is C12H10Cl2O3. The van der Waals surface area contributed by atoms with E-state index in [-0.39, 0.29) is 11.4 Å². The first-order chi connectivity index (χ1) is 7.95. The van der Waals surface area contributed by atoms with Crippen LogP contribution in [0.5, 0.6) is 0 Å². The maximum Gasteiger partial charge on any atom is 0.341 e. The van der Waals surface area contributed by atoms with Gasteiger partial charge in [-0.05, 0) is 30.7 Å². The van der Waals surface area contributed by atoms with Crippen LogP contribution in [-0.2, 0) is 14.3 Å². The molecule has 0 aliphatic heterocycles. The summed E-state index contributed by atoms with van der Waals surface area (Å²) in [5.74, 6) is -1.08. The number of methoxy groups -OCH3 is 1. The van der Waals surface area contributed by atoms with Gasteiger partial charge in [0.2, 0.25) is 0 Å². The summed E-state index contributed by atoms with van der Waals surface area (Å²) in [6.45, 7) is 1.28. The van der Waals surface area contributed by atoms with Crippen molar-refractivity contribution in [1.82, 2.24) is 0 Å². The molecule has 1 rings (SSSR count). The Morgan fingerprint density at radius 1 is 1.29 bits per heavy atom. The highest BCUT2D eigenvalue weighted by Crippen LogP contribution is 2.23. The van der Waals surface area contributed by atoms with Crippen LogP contribution in [0.2, 0.25) is 10.0 Å². The van der Waals surface area contributed by atoms with Crippen LogP contribution in [-0.4, -0.2) is 18.9 Å². The first-order valence-electron chi connectivity index (χ1n) is 4.71. The molecule has 0 saturated heterocycles. The Labute approximate surface area is 109 Å². The minimum Gasteiger partial charge on any atom is -0.465 e. The summed E-state index contributed by atoms with van der Waals surface area (Å²) in [4.78, 5) is 22.6. The third-order valence-electron chi connectivity index (χ3n) is 2.05. The number of rotatable bonds is 3. The number of hydrogen-bond acceptors (Lipinski definition) is 3. The number of Topliss-reactive ketones (excluding diaryl/α,β-unsaturated/α-hetero) is 1. The lowest BCUT2D eigenvalue weighted by Crippen LogP contribution is -2.11. The third-order valence-corrected chi connectivity index (χ3v) is 2.61. The number of ether oxygens (including phenoxy) is 1. The molecule has 17 heavy (non-hydrogen) atoms. The normalized spacial score (nSPS) is 11.2. The second-order valence-corrected chi connectivity index (χ2v) is 4.12. The molecule has 90 valence electrons. The summed E-state index contributed by atoms with van der Waals surface area (Å²) in [7, 11) is 1.21. The number of halogens is 2. The average molecular weight is 273 g/mol. The zero-order chi connectivity index (χ0) is 13.0. The second kappa shape index (κ2) is 5.84. The van der Waals surface area contributed by atoms with E-state index >= 15 is 0 Å². The fraction of sp³-hybridized carbons (Fsp3) is 0.167. The van der Waals surface area contributed by atoms with Gasteiger partial charge in [0.25, 0.3) is 0 Å². The summed E-state index contributed by atoms with van der Waals surface area (Å²) < 4.78 is 4.51. The Hall–Kier alpha value is -1.32. The molecule has 0 atom stereocenters. The Kier molecular flexibility index (Phi) is 4.73. The molecule has 0 radical (unpaired) electrons. The maximum absolute atomic E-state index is 11.4. The van der Waals surface area contributed by atoms with Crippen LogP contribution in [0.15, 0.2) is 23.8 Å². The van der Waals surface area contributed by atoms with Gasteiger partial charge in [-0.2, -0.15) is 0 Å². The van der Waals surface area contributed by atoms with Gasteiger partial charge in [-0.1, -0.05) is 29.3 Å². The Bertz CT molecular complexity index is 493. The lowest BCUT2D eigenvalue weighted by molar-refractivity contribution is -0.137. The molecule has 0 amide bonds. The number of benzene rings is 1. The van der Waals surface area contributed by atoms with E-state index in [1.54, 1.807) is 12.1 Å². The number of ketones is 1. The van der Waals surface area contributed by atoms with Gasteiger partial charge >= 0.3 is 5.97 Å². The van der Waals surface area contributed by atoms with E-state index < -0.39 is 5.97 Å². The number of carbonyl (C=O) groups excluding carboxylic acids is 2. The molecule has 0 aliphatic carbocycles. The maximum atomic E-state index is 11.4. The summed E-state index contributed by atoms with van der Waals surface area (Å²) in [6.07, 6.45) is 1.38. The lowest BCUT2D eigenvalue weighted by Gasteiger charge is -2.03. The molecule has 0 saturated carbocycles. The molecule has 0 aliphatic rings. The van der Waals surface area contributed by atoms with Gasteiger partial charge in [-0.25, -0.2) is 4.79 Å². The van der Waals surface area contributed by atoms with Crippen molar-refractivity contribution < 1.29 is 14.3 Å². The van der Waals surface area contributed by atoms with Crippen LogP contribution in [0, 0.1) is 0 Å². The molecule has 1 aromatic rings. The fourth-order valence-electron chi connectivity index (χ4n) is 1.19. The highest BCUT2D eigenvalue weighted by Gasteiger charge is 2.15. The molecule has 1 aromatic carbocycles. The quantitative estimate of drug-likeness (QED) is 0.368. The monoisotopic (exact) mass is 272 g/mol. The van der Waals surface area contributed by atoms with Crippen molar-refractivity contribution in [1.29, 1.82) is 0 Å². The SMILES string of the molecule is COC(=O)/C(=C/c1ccc(Cl)cc1Cl)C(C)=O. The van der Waals surface area contributed by atoms with Gasteiger partial charge in [-0.3, -0.25) is 4.79 Å². The summed E-state index contributed by atoms with van der Waals surface area (Å²) in [5, 5.41) is 0.842. The first-order valence-corrected chi connectivity index (χ1v) is 5.47. The van der Waals surface area contributed by atoms with E-state index in [0.29, 0.717) is 15.6 Å². The lowest BCUT2D eigenvalue weighted by atomic mass is 10.1. The van der Waals surface area contributed by atoms with Crippen LogP contribution in [0.3, 0.4) is 0 Å². The largest absolute Gasteiger partial charge is 0.465 e. The van der Waals surface area contributed by atoms with E-state index in [0.717, 1.165) is 0 Å². The summed E-state index contributed by atoms with van der Waals surface area (Å²) >= 11 is 11.7. The third kappa shape index (κ3) is 3.58. The Balaban J connectivity index is 3.22. The minimum absolute atomic E-state index is 0.0586. The van der Waals surface area contributed by atoms with Crippen molar-refractivity contribution in [3.8, 4) is 0 Å². The van der Waals surface area contributed by atoms with Gasteiger partial charge in [0, 0.05) is 10.0 Å². The summed E-state index contributed by atoms with van der Waals surface area (Å²) in [5.41, 5.74) is 0.475. The Morgan fingerprint density at radius 2 is 1.94 bits per heavy atom. The van der Waals surface area contributed by atoms with E-state index in [1.165, 1.54) is 26.2 Å². The topological polar surface area (TPSA) is 43.4 Å². The van der Waals surface area contributed by atoms with Gasteiger partial charge in [-0.15, -0.1) is 0 Å². The highest BCUT2D eigenvalue weighted by molar-refractivity contribution is 6.35. The van der Waals surface area contributed by atoms with Crippen molar-refractivity contribution >= 4 is 41.0 Å². The van der Waals surface area contributed by atoms with Gasteiger partial charge in [0.1, 0.15) is 5.57 Å². The number of hydrogen-bond donors (Lipinski definition) is 0. The fourth-order valence-corrected chi connectivity index (χ4v) is 1.65. The van der Waals surface area contributed by atoms with Gasteiger partial charge < -0.3 is 4.74 Å². The molecular weight excluding hydrogens is 263 g/mol. The van der Waals surface area contributed by atoms with Crippen molar-refractivity contribution in [2.24, 2.45) is 0 Å². The van der Waals surface area contributed by atoms with Crippen LogP contribution in [0.4, 0.5) is 0 Å².